The van der Waals surface area contributed by atoms with Crippen LogP contribution in [0.1, 0.15) is 36.2 Å². The third-order valence-corrected chi connectivity index (χ3v) is 4.43. The number of carbonyl (C=O) groups is 1. The fraction of sp³-hybridized carbons (Fsp3) is 0.625. The molecule has 1 aromatic rings. The van der Waals surface area contributed by atoms with Gasteiger partial charge >= 0.3 is 0 Å². The van der Waals surface area contributed by atoms with Crippen LogP contribution in [-0.2, 0) is 0 Å². The molecule has 2 rings (SSSR count). The van der Waals surface area contributed by atoms with E-state index in [-0.39, 0.29) is 5.91 Å². The summed E-state index contributed by atoms with van der Waals surface area (Å²) in [4.78, 5) is 20.1. The van der Waals surface area contributed by atoms with Crippen molar-refractivity contribution in [2.24, 2.45) is 0 Å². The third kappa shape index (κ3) is 3.73. The van der Waals surface area contributed by atoms with E-state index >= 15 is 0 Å². The van der Waals surface area contributed by atoms with Crippen LogP contribution in [0.3, 0.4) is 0 Å². The Kier molecular flexibility index (Phi) is 5.17. The number of nitrogens with zero attached hydrogens (tertiary/aromatic N) is 3. The number of pyridine rings is 1. The predicted molar refractivity (Wildman–Crippen MR) is 85.8 cm³/mol. The van der Waals surface area contributed by atoms with Crippen molar-refractivity contribution in [2.45, 2.75) is 37.8 Å². The molecule has 1 N–H and O–H groups in total. The van der Waals surface area contributed by atoms with Crippen LogP contribution in [0.25, 0.3) is 0 Å². The molecule has 5 heteroatoms. The lowest BCUT2D eigenvalue weighted by Crippen LogP contribution is -2.40. The molecule has 21 heavy (non-hydrogen) atoms. The van der Waals surface area contributed by atoms with Crippen molar-refractivity contribution in [3.8, 4) is 0 Å². The zero-order valence-corrected chi connectivity index (χ0v) is 13.5. The molecular formula is C16H26N4O. The summed E-state index contributed by atoms with van der Waals surface area (Å²) in [6.45, 7) is 0. The van der Waals surface area contributed by atoms with Gasteiger partial charge in [0.2, 0.25) is 0 Å². The van der Waals surface area contributed by atoms with Crippen molar-refractivity contribution >= 4 is 11.6 Å². The molecule has 1 aliphatic rings. The Bertz CT molecular complexity index is 481. The zero-order chi connectivity index (χ0) is 15.4. The molecule has 1 amide bonds. The molecule has 1 aromatic heterocycles. The molecule has 1 saturated carbocycles. The highest BCUT2D eigenvalue weighted by Crippen LogP contribution is 2.26. The van der Waals surface area contributed by atoms with Gasteiger partial charge in [-0.3, -0.25) is 9.78 Å². The van der Waals surface area contributed by atoms with Crippen LogP contribution in [0, 0.1) is 0 Å². The highest BCUT2D eigenvalue weighted by atomic mass is 16.2. The summed E-state index contributed by atoms with van der Waals surface area (Å²) < 4.78 is 0. The van der Waals surface area contributed by atoms with Gasteiger partial charge in [0.15, 0.2) is 0 Å². The first-order chi connectivity index (χ1) is 10.0. The summed E-state index contributed by atoms with van der Waals surface area (Å²) in [5.41, 5.74) is 1.58. The van der Waals surface area contributed by atoms with E-state index in [2.05, 4.69) is 22.2 Å². The predicted octanol–water partition coefficient (Wildman–Crippen LogP) is 1.75. The molecule has 0 spiro atoms. The monoisotopic (exact) mass is 290 g/mol. The number of rotatable bonds is 4. The molecule has 0 aromatic carbocycles. The van der Waals surface area contributed by atoms with Gasteiger partial charge in [-0.25, -0.2) is 0 Å². The van der Waals surface area contributed by atoms with Crippen molar-refractivity contribution < 1.29 is 4.79 Å². The minimum absolute atomic E-state index is 0.0517. The number of hydrogen-bond acceptors (Lipinski definition) is 4. The molecule has 1 fully saturated rings. The van der Waals surface area contributed by atoms with Crippen molar-refractivity contribution in [3.05, 3.63) is 24.0 Å². The molecule has 1 heterocycles. The van der Waals surface area contributed by atoms with E-state index < -0.39 is 0 Å². The molecular weight excluding hydrogens is 264 g/mol. The van der Waals surface area contributed by atoms with Crippen molar-refractivity contribution in [1.29, 1.82) is 0 Å². The summed E-state index contributed by atoms with van der Waals surface area (Å²) in [5.74, 6) is -0.0517. The largest absolute Gasteiger partial charge is 0.372 e. The highest BCUT2D eigenvalue weighted by molar-refractivity contribution is 5.92. The van der Waals surface area contributed by atoms with Gasteiger partial charge in [0, 0.05) is 45.1 Å². The summed E-state index contributed by atoms with van der Waals surface area (Å²) in [6, 6.07) is 5.07. The summed E-state index contributed by atoms with van der Waals surface area (Å²) in [6.07, 6.45) is 6.50. The number of nitrogens with one attached hydrogen (secondary N) is 1. The SMILES string of the molecule is CNC1CCC(N(C)c2ccnc(C(=O)N(C)C)c2)CC1. The van der Waals surface area contributed by atoms with Gasteiger partial charge in [0.05, 0.1) is 0 Å². The van der Waals surface area contributed by atoms with Gasteiger partial charge in [0.1, 0.15) is 5.69 Å². The second-order valence-corrected chi connectivity index (χ2v) is 6.00. The lowest BCUT2D eigenvalue weighted by Gasteiger charge is -2.36. The molecule has 1 aliphatic carbocycles. The van der Waals surface area contributed by atoms with Crippen LogP contribution >= 0.6 is 0 Å². The van der Waals surface area contributed by atoms with Gasteiger partial charge in [-0.05, 0) is 44.9 Å². The summed E-state index contributed by atoms with van der Waals surface area (Å²) in [5, 5.41) is 3.36. The number of anilines is 1. The van der Waals surface area contributed by atoms with Gasteiger partial charge in [-0.1, -0.05) is 0 Å². The molecule has 0 unspecified atom stereocenters. The molecule has 0 radical (unpaired) electrons. The Morgan fingerprint density at radius 3 is 2.48 bits per heavy atom. The number of carbonyl (C=O) groups excluding carboxylic acids is 1. The maximum atomic E-state index is 12.0. The summed E-state index contributed by atoms with van der Waals surface area (Å²) >= 11 is 0. The Balaban J connectivity index is 2.07. The summed E-state index contributed by atoms with van der Waals surface area (Å²) in [7, 11) is 7.65. The van der Waals surface area contributed by atoms with Crippen LogP contribution in [0.5, 0.6) is 0 Å². The van der Waals surface area contributed by atoms with E-state index in [1.54, 1.807) is 25.2 Å². The zero-order valence-electron chi connectivity index (χ0n) is 13.5. The van der Waals surface area contributed by atoms with Crippen LogP contribution in [0.15, 0.2) is 18.3 Å². The second-order valence-electron chi connectivity index (χ2n) is 6.00. The van der Waals surface area contributed by atoms with Crippen LogP contribution < -0.4 is 10.2 Å². The van der Waals surface area contributed by atoms with Crippen LogP contribution in [-0.4, -0.2) is 56.1 Å². The first-order valence-corrected chi connectivity index (χ1v) is 7.60. The van der Waals surface area contributed by atoms with E-state index in [4.69, 9.17) is 0 Å². The van der Waals surface area contributed by atoms with Crippen molar-refractivity contribution in [2.75, 3.05) is 33.1 Å². The fourth-order valence-electron chi connectivity index (χ4n) is 2.95. The lowest BCUT2D eigenvalue weighted by molar-refractivity contribution is 0.0822. The van der Waals surface area contributed by atoms with Gasteiger partial charge < -0.3 is 15.1 Å². The number of amides is 1. The topological polar surface area (TPSA) is 48.5 Å². The van der Waals surface area contributed by atoms with E-state index in [0.717, 1.165) is 5.69 Å². The average molecular weight is 290 g/mol. The lowest BCUT2D eigenvalue weighted by atomic mass is 9.90. The van der Waals surface area contributed by atoms with Gasteiger partial charge in [0.25, 0.3) is 5.91 Å². The molecule has 0 bridgehead atoms. The number of hydrogen-bond donors (Lipinski definition) is 1. The van der Waals surface area contributed by atoms with Gasteiger partial charge in [-0.15, -0.1) is 0 Å². The first kappa shape index (κ1) is 15.8. The molecule has 0 atom stereocenters. The Morgan fingerprint density at radius 2 is 1.90 bits per heavy atom. The Labute approximate surface area is 127 Å². The smallest absolute Gasteiger partial charge is 0.272 e. The molecule has 116 valence electrons. The molecule has 5 nitrogen and oxygen atoms in total. The second kappa shape index (κ2) is 6.89. The van der Waals surface area contributed by atoms with E-state index in [0.29, 0.717) is 17.8 Å². The normalized spacial score (nSPS) is 21.9. The first-order valence-electron chi connectivity index (χ1n) is 7.60. The van der Waals surface area contributed by atoms with E-state index in [1.807, 2.05) is 19.2 Å². The van der Waals surface area contributed by atoms with Gasteiger partial charge in [-0.2, -0.15) is 0 Å². The Morgan fingerprint density at radius 1 is 1.24 bits per heavy atom. The molecule has 0 saturated heterocycles. The van der Waals surface area contributed by atoms with Crippen LogP contribution in [0.4, 0.5) is 5.69 Å². The molecule has 0 aliphatic heterocycles. The van der Waals surface area contributed by atoms with Crippen molar-refractivity contribution in [3.63, 3.8) is 0 Å². The maximum Gasteiger partial charge on any atom is 0.272 e. The van der Waals surface area contributed by atoms with Crippen molar-refractivity contribution in [1.82, 2.24) is 15.2 Å². The number of aromatic nitrogens is 1. The Hall–Kier alpha value is -1.62. The highest BCUT2D eigenvalue weighted by Gasteiger charge is 2.23. The van der Waals surface area contributed by atoms with E-state index in [1.165, 1.54) is 25.7 Å². The minimum atomic E-state index is -0.0517. The fourth-order valence-corrected chi connectivity index (χ4v) is 2.95. The maximum absolute atomic E-state index is 12.0. The van der Waals surface area contributed by atoms with E-state index in [9.17, 15) is 4.79 Å². The standard InChI is InChI=1S/C16H26N4O/c1-17-12-5-7-13(8-6-12)20(4)14-9-10-18-15(11-14)16(21)19(2)3/h9-13,17H,5-8H2,1-4H3. The third-order valence-electron chi connectivity index (χ3n) is 4.43. The quantitative estimate of drug-likeness (QED) is 0.918. The average Bonchev–Trinajstić information content (AvgIpc) is 2.53. The van der Waals surface area contributed by atoms with Crippen LogP contribution in [0.2, 0.25) is 0 Å². The minimum Gasteiger partial charge on any atom is -0.372 e.